The molecule has 0 spiro atoms. The molecule has 0 aliphatic heterocycles. The van der Waals surface area contributed by atoms with E-state index in [1.165, 1.54) is 0 Å². The number of benzene rings is 1. The van der Waals surface area contributed by atoms with Gasteiger partial charge in [-0.15, -0.1) is 0 Å². The number of carbonyl (C=O) groups excluding carboxylic acids is 1. The smallest absolute Gasteiger partial charge is 0.305 e. The van der Waals surface area contributed by atoms with Crippen molar-refractivity contribution in [2.24, 2.45) is 0 Å². The van der Waals surface area contributed by atoms with E-state index in [0.29, 0.717) is 6.42 Å². The van der Waals surface area contributed by atoms with Crippen molar-refractivity contribution in [1.82, 2.24) is 5.32 Å². The fourth-order valence-corrected chi connectivity index (χ4v) is 2.77. The van der Waals surface area contributed by atoms with Gasteiger partial charge in [-0.3, -0.25) is 9.59 Å². The summed E-state index contributed by atoms with van der Waals surface area (Å²) in [5, 5.41) is 11.8. The number of carbonyl (C=O) groups is 2. The van der Waals surface area contributed by atoms with Gasteiger partial charge in [-0.05, 0) is 24.8 Å². The van der Waals surface area contributed by atoms with Crippen LogP contribution < -0.4 is 5.32 Å². The third-order valence-corrected chi connectivity index (χ3v) is 4.22. The number of carboxylic acids is 1. The van der Waals surface area contributed by atoms with Crippen molar-refractivity contribution >= 4 is 11.9 Å². The van der Waals surface area contributed by atoms with E-state index in [1.54, 1.807) is 0 Å². The maximum Gasteiger partial charge on any atom is 0.305 e. The largest absolute Gasteiger partial charge is 0.481 e. The minimum Gasteiger partial charge on any atom is -0.481 e. The number of carboxylic acid groups (broad SMARTS) is 1. The fourth-order valence-electron chi connectivity index (χ4n) is 2.77. The summed E-state index contributed by atoms with van der Waals surface area (Å²) in [5.41, 5.74) is 0.585. The summed E-state index contributed by atoms with van der Waals surface area (Å²) in [6.07, 6.45) is 3.33. The minimum atomic E-state index is -0.875. The first kappa shape index (κ1) is 14.6. The molecular formula is C16H21NO3. The third-order valence-electron chi connectivity index (χ3n) is 4.22. The molecule has 1 aromatic carbocycles. The van der Waals surface area contributed by atoms with E-state index in [-0.39, 0.29) is 18.4 Å². The average molecular weight is 275 g/mol. The second-order valence-electron chi connectivity index (χ2n) is 5.48. The summed E-state index contributed by atoms with van der Waals surface area (Å²) < 4.78 is 0. The highest BCUT2D eigenvalue weighted by atomic mass is 16.4. The van der Waals surface area contributed by atoms with Crippen LogP contribution in [0, 0.1) is 0 Å². The van der Waals surface area contributed by atoms with E-state index < -0.39 is 11.4 Å². The Kier molecular flexibility index (Phi) is 4.42. The zero-order chi connectivity index (χ0) is 14.6. The molecule has 108 valence electrons. The molecule has 2 rings (SSSR count). The summed E-state index contributed by atoms with van der Waals surface area (Å²) in [7, 11) is 0. The van der Waals surface area contributed by atoms with E-state index >= 15 is 0 Å². The van der Waals surface area contributed by atoms with Crippen LogP contribution in [0.25, 0.3) is 0 Å². The molecule has 0 radical (unpaired) electrons. The van der Waals surface area contributed by atoms with E-state index in [2.05, 4.69) is 5.32 Å². The van der Waals surface area contributed by atoms with E-state index in [0.717, 1.165) is 24.8 Å². The molecule has 1 aromatic rings. The Bertz CT molecular complexity index is 480. The molecule has 4 heteroatoms. The Morgan fingerprint density at radius 1 is 1.30 bits per heavy atom. The third kappa shape index (κ3) is 2.84. The van der Waals surface area contributed by atoms with Crippen LogP contribution in [-0.2, 0) is 15.0 Å². The number of nitrogens with one attached hydrogen (secondary N) is 1. The molecule has 1 aliphatic rings. The van der Waals surface area contributed by atoms with Gasteiger partial charge in [0.05, 0.1) is 11.8 Å². The Morgan fingerprint density at radius 3 is 2.40 bits per heavy atom. The molecule has 0 heterocycles. The van der Waals surface area contributed by atoms with E-state index in [1.807, 2.05) is 37.3 Å². The molecule has 1 aliphatic carbocycles. The van der Waals surface area contributed by atoms with Crippen molar-refractivity contribution < 1.29 is 14.7 Å². The van der Waals surface area contributed by atoms with Crippen LogP contribution in [0.15, 0.2) is 30.3 Å². The second kappa shape index (κ2) is 6.07. The summed E-state index contributed by atoms with van der Waals surface area (Å²) in [5.74, 6) is -0.900. The van der Waals surface area contributed by atoms with Gasteiger partial charge in [0, 0.05) is 6.04 Å². The normalized spacial score (nSPS) is 17.9. The van der Waals surface area contributed by atoms with Gasteiger partial charge in [-0.25, -0.2) is 0 Å². The van der Waals surface area contributed by atoms with Crippen LogP contribution in [0.3, 0.4) is 0 Å². The fraction of sp³-hybridized carbons (Fsp3) is 0.500. The van der Waals surface area contributed by atoms with Crippen LogP contribution in [0.2, 0.25) is 0 Å². The number of aliphatic carboxylic acids is 1. The lowest BCUT2D eigenvalue weighted by Crippen LogP contribution is -2.52. The topological polar surface area (TPSA) is 66.4 Å². The lowest BCUT2D eigenvalue weighted by atomic mass is 9.63. The highest BCUT2D eigenvalue weighted by molar-refractivity contribution is 5.89. The first-order chi connectivity index (χ1) is 9.58. The quantitative estimate of drug-likeness (QED) is 0.838. The van der Waals surface area contributed by atoms with Crippen molar-refractivity contribution in [2.75, 3.05) is 0 Å². The van der Waals surface area contributed by atoms with Crippen LogP contribution in [0.5, 0.6) is 0 Å². The van der Waals surface area contributed by atoms with Gasteiger partial charge in [0.15, 0.2) is 0 Å². The molecule has 1 fully saturated rings. The molecule has 1 amide bonds. The molecule has 1 saturated carbocycles. The monoisotopic (exact) mass is 275 g/mol. The van der Waals surface area contributed by atoms with Crippen LogP contribution in [0.1, 0.15) is 44.6 Å². The van der Waals surface area contributed by atoms with Crippen LogP contribution in [0.4, 0.5) is 0 Å². The predicted molar refractivity (Wildman–Crippen MR) is 76.4 cm³/mol. The highest BCUT2D eigenvalue weighted by Crippen LogP contribution is 2.44. The minimum absolute atomic E-state index is 0.0207. The molecule has 20 heavy (non-hydrogen) atoms. The maximum absolute atomic E-state index is 12.6. The Balaban J connectivity index is 2.12. The molecule has 2 N–H and O–H groups in total. The molecule has 0 saturated heterocycles. The van der Waals surface area contributed by atoms with Gasteiger partial charge in [0.25, 0.3) is 0 Å². The van der Waals surface area contributed by atoms with Gasteiger partial charge < -0.3 is 10.4 Å². The van der Waals surface area contributed by atoms with Crippen molar-refractivity contribution in [3.63, 3.8) is 0 Å². The van der Waals surface area contributed by atoms with E-state index in [9.17, 15) is 9.59 Å². The van der Waals surface area contributed by atoms with E-state index in [4.69, 9.17) is 5.11 Å². The molecule has 4 nitrogen and oxygen atoms in total. The zero-order valence-electron chi connectivity index (χ0n) is 11.8. The van der Waals surface area contributed by atoms with Crippen molar-refractivity contribution in [2.45, 2.75) is 50.5 Å². The summed E-state index contributed by atoms with van der Waals surface area (Å²) in [4.78, 5) is 23.4. The lowest BCUT2D eigenvalue weighted by molar-refractivity contribution is -0.138. The first-order valence-corrected chi connectivity index (χ1v) is 7.17. The summed E-state index contributed by atoms with van der Waals surface area (Å²) >= 11 is 0. The Morgan fingerprint density at radius 2 is 1.95 bits per heavy atom. The van der Waals surface area contributed by atoms with Gasteiger partial charge in [0.2, 0.25) is 5.91 Å². The van der Waals surface area contributed by atoms with Gasteiger partial charge in [-0.2, -0.15) is 0 Å². The molecule has 0 bridgehead atoms. The highest BCUT2D eigenvalue weighted by Gasteiger charge is 2.45. The molecule has 1 unspecified atom stereocenters. The Hall–Kier alpha value is -1.84. The van der Waals surface area contributed by atoms with Crippen molar-refractivity contribution in [3.8, 4) is 0 Å². The van der Waals surface area contributed by atoms with Gasteiger partial charge in [0.1, 0.15) is 0 Å². The van der Waals surface area contributed by atoms with Crippen molar-refractivity contribution in [3.05, 3.63) is 35.9 Å². The first-order valence-electron chi connectivity index (χ1n) is 7.17. The number of hydrogen-bond donors (Lipinski definition) is 2. The van der Waals surface area contributed by atoms with Gasteiger partial charge in [-0.1, -0.05) is 43.7 Å². The SMILES string of the molecule is CCC(CC(=O)O)NC(=O)C1(c2ccccc2)CCC1. The lowest BCUT2D eigenvalue weighted by Gasteiger charge is -2.41. The van der Waals surface area contributed by atoms with Crippen LogP contribution in [-0.4, -0.2) is 23.0 Å². The molecular weight excluding hydrogens is 254 g/mol. The number of rotatable bonds is 6. The molecule has 0 aromatic heterocycles. The van der Waals surface area contributed by atoms with Crippen LogP contribution >= 0.6 is 0 Å². The average Bonchev–Trinajstić information content (AvgIpc) is 2.37. The molecule has 1 atom stereocenters. The Labute approximate surface area is 119 Å². The summed E-state index contributed by atoms with van der Waals surface area (Å²) in [6.45, 7) is 1.89. The summed E-state index contributed by atoms with van der Waals surface area (Å²) in [6, 6.07) is 9.50. The van der Waals surface area contributed by atoms with Gasteiger partial charge >= 0.3 is 5.97 Å². The predicted octanol–water partition coefficient (Wildman–Crippen LogP) is 2.48. The second-order valence-corrected chi connectivity index (χ2v) is 5.48. The standard InChI is InChI=1S/C16H21NO3/c1-2-13(11-14(18)19)17-15(20)16(9-6-10-16)12-7-4-3-5-8-12/h3-5,7-8,13H,2,6,9-11H2,1H3,(H,17,20)(H,18,19). The number of amides is 1. The maximum atomic E-state index is 12.6. The van der Waals surface area contributed by atoms with Crippen molar-refractivity contribution in [1.29, 1.82) is 0 Å². The zero-order valence-corrected chi connectivity index (χ0v) is 11.8. The number of hydrogen-bond acceptors (Lipinski definition) is 2.